The van der Waals surface area contributed by atoms with Gasteiger partial charge in [-0.3, -0.25) is 0 Å². The number of hydrogen-bond donors (Lipinski definition) is 1. The fourth-order valence-electron chi connectivity index (χ4n) is 1.91. The first-order valence-electron chi connectivity index (χ1n) is 6.30. The molecule has 1 aromatic heterocycles. The van der Waals surface area contributed by atoms with Crippen molar-refractivity contribution in [3.05, 3.63) is 11.1 Å². The molecule has 1 saturated heterocycles. The Kier molecular flexibility index (Phi) is 5.75. The first-order valence-corrected chi connectivity index (χ1v) is 8.27. The third kappa shape index (κ3) is 3.85. The fraction of sp³-hybridized carbons (Fsp3) is 0.750. The molecule has 1 unspecified atom stereocenters. The highest BCUT2D eigenvalue weighted by Crippen LogP contribution is 2.27. The zero-order chi connectivity index (χ0) is 12.8. The van der Waals surface area contributed by atoms with E-state index in [4.69, 9.17) is 4.74 Å². The predicted octanol–water partition coefficient (Wildman–Crippen LogP) is 1.82. The summed E-state index contributed by atoms with van der Waals surface area (Å²) in [6.45, 7) is 5.94. The van der Waals surface area contributed by atoms with Crippen LogP contribution in [0.15, 0.2) is 6.20 Å². The summed E-state index contributed by atoms with van der Waals surface area (Å²) in [4.78, 5) is 8.28. The number of ether oxygens (including phenoxy) is 1. The second kappa shape index (κ2) is 7.33. The largest absolute Gasteiger partial charge is 0.383 e. The molecule has 1 fully saturated rings. The molecule has 18 heavy (non-hydrogen) atoms. The summed E-state index contributed by atoms with van der Waals surface area (Å²) < 4.78 is 5.01. The van der Waals surface area contributed by atoms with Crippen molar-refractivity contribution in [2.24, 2.45) is 0 Å². The number of anilines is 1. The van der Waals surface area contributed by atoms with E-state index in [1.54, 1.807) is 18.4 Å². The Morgan fingerprint density at radius 2 is 2.50 bits per heavy atom. The summed E-state index contributed by atoms with van der Waals surface area (Å²) in [5.41, 5.74) is 0. The molecule has 0 aliphatic carbocycles. The van der Waals surface area contributed by atoms with Crippen LogP contribution in [0.25, 0.3) is 0 Å². The van der Waals surface area contributed by atoms with E-state index in [9.17, 15) is 0 Å². The summed E-state index contributed by atoms with van der Waals surface area (Å²) in [6, 6.07) is 0.601. The van der Waals surface area contributed by atoms with Crippen LogP contribution < -0.4 is 10.2 Å². The molecule has 4 nitrogen and oxygen atoms in total. The second-order valence-electron chi connectivity index (χ2n) is 4.40. The quantitative estimate of drug-likeness (QED) is 0.808. The molecule has 0 aromatic carbocycles. The van der Waals surface area contributed by atoms with Crippen LogP contribution in [-0.4, -0.2) is 49.3 Å². The van der Waals surface area contributed by atoms with E-state index in [1.807, 2.05) is 18.0 Å². The highest BCUT2D eigenvalue weighted by atomic mass is 32.2. The van der Waals surface area contributed by atoms with Gasteiger partial charge in [-0.25, -0.2) is 4.98 Å². The molecule has 0 amide bonds. The van der Waals surface area contributed by atoms with Crippen molar-refractivity contribution in [2.45, 2.75) is 19.5 Å². The Bertz CT molecular complexity index is 359. The van der Waals surface area contributed by atoms with Gasteiger partial charge < -0.3 is 15.0 Å². The lowest BCUT2D eigenvalue weighted by atomic mass is 10.3. The lowest BCUT2D eigenvalue weighted by Gasteiger charge is -2.32. The Morgan fingerprint density at radius 3 is 3.28 bits per heavy atom. The zero-order valence-electron chi connectivity index (χ0n) is 11.0. The van der Waals surface area contributed by atoms with E-state index < -0.39 is 0 Å². The number of thioether (sulfide) groups is 1. The van der Waals surface area contributed by atoms with Crippen LogP contribution in [0.3, 0.4) is 0 Å². The number of nitrogens with zero attached hydrogens (tertiary/aromatic N) is 2. The van der Waals surface area contributed by atoms with E-state index in [0.29, 0.717) is 6.04 Å². The minimum Gasteiger partial charge on any atom is -0.383 e. The highest BCUT2D eigenvalue weighted by Gasteiger charge is 2.21. The van der Waals surface area contributed by atoms with Crippen LogP contribution in [0.2, 0.25) is 0 Å². The van der Waals surface area contributed by atoms with Gasteiger partial charge in [-0.1, -0.05) is 0 Å². The van der Waals surface area contributed by atoms with Crippen molar-refractivity contribution < 1.29 is 4.74 Å². The van der Waals surface area contributed by atoms with E-state index >= 15 is 0 Å². The third-order valence-corrected chi connectivity index (χ3v) is 5.16. The predicted molar refractivity (Wildman–Crippen MR) is 79.8 cm³/mol. The van der Waals surface area contributed by atoms with Gasteiger partial charge in [-0.2, -0.15) is 11.8 Å². The summed E-state index contributed by atoms with van der Waals surface area (Å²) >= 11 is 3.84. The Hall–Kier alpha value is -0.300. The van der Waals surface area contributed by atoms with Crippen LogP contribution in [-0.2, 0) is 11.3 Å². The van der Waals surface area contributed by atoms with Gasteiger partial charge in [0, 0.05) is 55.4 Å². The lowest BCUT2D eigenvalue weighted by Crippen LogP contribution is -2.40. The van der Waals surface area contributed by atoms with Gasteiger partial charge in [-0.15, -0.1) is 11.3 Å². The van der Waals surface area contributed by atoms with Gasteiger partial charge in [0.25, 0.3) is 0 Å². The van der Waals surface area contributed by atoms with Crippen LogP contribution in [0.4, 0.5) is 5.13 Å². The van der Waals surface area contributed by atoms with Crippen molar-refractivity contribution in [3.63, 3.8) is 0 Å². The maximum Gasteiger partial charge on any atom is 0.185 e. The van der Waals surface area contributed by atoms with Crippen molar-refractivity contribution in [1.29, 1.82) is 0 Å². The first kappa shape index (κ1) is 14.1. The molecule has 0 radical (unpaired) electrons. The molecule has 0 bridgehead atoms. The van der Waals surface area contributed by atoms with Crippen molar-refractivity contribution in [2.75, 3.05) is 43.2 Å². The topological polar surface area (TPSA) is 37.4 Å². The maximum atomic E-state index is 5.01. The molecule has 1 atom stereocenters. The smallest absolute Gasteiger partial charge is 0.185 e. The van der Waals surface area contributed by atoms with E-state index in [2.05, 4.69) is 22.1 Å². The fourth-order valence-corrected chi connectivity index (χ4v) is 3.93. The Morgan fingerprint density at radius 1 is 1.61 bits per heavy atom. The summed E-state index contributed by atoms with van der Waals surface area (Å²) in [5.74, 6) is 2.42. The average molecular weight is 287 g/mol. The van der Waals surface area contributed by atoms with Gasteiger partial charge in [0.2, 0.25) is 0 Å². The Labute approximate surface area is 117 Å². The van der Waals surface area contributed by atoms with Crippen LogP contribution in [0.1, 0.15) is 11.8 Å². The molecule has 1 aliphatic rings. The van der Waals surface area contributed by atoms with E-state index in [0.717, 1.165) is 26.2 Å². The SMILES string of the molecule is COCCNCc1cnc(N2CCSCC2C)s1. The van der Waals surface area contributed by atoms with Crippen LogP contribution in [0, 0.1) is 0 Å². The van der Waals surface area contributed by atoms with E-state index in [1.165, 1.54) is 21.5 Å². The standard InChI is InChI=1S/C12H21N3OS2/c1-10-9-17-6-4-15(10)12-14-8-11(18-12)7-13-3-5-16-2/h8,10,13H,3-7,9H2,1-2H3. The second-order valence-corrected chi connectivity index (χ2v) is 6.64. The maximum absolute atomic E-state index is 5.01. The number of thiazole rings is 1. The molecule has 2 rings (SSSR count). The molecule has 102 valence electrons. The number of hydrogen-bond acceptors (Lipinski definition) is 6. The van der Waals surface area contributed by atoms with Gasteiger partial charge in [0.1, 0.15) is 0 Å². The Balaban J connectivity index is 1.85. The zero-order valence-corrected chi connectivity index (χ0v) is 12.6. The monoisotopic (exact) mass is 287 g/mol. The normalized spacial score (nSPS) is 20.3. The van der Waals surface area contributed by atoms with Crippen molar-refractivity contribution in [1.82, 2.24) is 10.3 Å². The molecule has 0 saturated carbocycles. The van der Waals surface area contributed by atoms with Crippen LogP contribution >= 0.6 is 23.1 Å². The minimum atomic E-state index is 0.601. The van der Waals surface area contributed by atoms with Crippen molar-refractivity contribution in [3.8, 4) is 0 Å². The minimum absolute atomic E-state index is 0.601. The number of nitrogens with one attached hydrogen (secondary N) is 1. The van der Waals surface area contributed by atoms with Crippen molar-refractivity contribution >= 4 is 28.2 Å². The number of methoxy groups -OCH3 is 1. The number of rotatable bonds is 6. The molecular weight excluding hydrogens is 266 g/mol. The summed E-state index contributed by atoms with van der Waals surface area (Å²) in [5, 5.41) is 4.53. The molecule has 6 heteroatoms. The molecule has 0 spiro atoms. The molecule has 1 N–H and O–H groups in total. The lowest BCUT2D eigenvalue weighted by molar-refractivity contribution is 0.199. The highest BCUT2D eigenvalue weighted by molar-refractivity contribution is 7.99. The van der Waals surface area contributed by atoms with Gasteiger partial charge in [-0.05, 0) is 6.92 Å². The van der Waals surface area contributed by atoms with Crippen LogP contribution in [0.5, 0.6) is 0 Å². The summed E-state index contributed by atoms with van der Waals surface area (Å²) in [6.07, 6.45) is 1.99. The van der Waals surface area contributed by atoms with Gasteiger partial charge in [0.15, 0.2) is 5.13 Å². The summed E-state index contributed by atoms with van der Waals surface area (Å²) in [7, 11) is 1.72. The van der Waals surface area contributed by atoms with Gasteiger partial charge >= 0.3 is 0 Å². The number of aromatic nitrogens is 1. The van der Waals surface area contributed by atoms with E-state index in [-0.39, 0.29) is 0 Å². The molecule has 1 aliphatic heterocycles. The third-order valence-electron chi connectivity index (χ3n) is 2.94. The molecule has 2 heterocycles. The average Bonchev–Trinajstić information content (AvgIpc) is 2.84. The molecule has 1 aromatic rings. The first-order chi connectivity index (χ1) is 8.81. The molecular formula is C12H21N3OS2. The van der Waals surface area contributed by atoms with Gasteiger partial charge in [0.05, 0.1) is 6.61 Å².